The highest BCUT2D eigenvalue weighted by Gasteiger charge is 2.43. The molecule has 6 nitrogen and oxygen atoms in total. The van der Waals surface area contributed by atoms with Crippen molar-refractivity contribution < 1.29 is 19.1 Å². The first-order valence-electron chi connectivity index (χ1n) is 9.61. The van der Waals surface area contributed by atoms with Gasteiger partial charge in [0.1, 0.15) is 11.9 Å². The van der Waals surface area contributed by atoms with Gasteiger partial charge in [-0.05, 0) is 24.1 Å². The molecule has 2 heterocycles. The van der Waals surface area contributed by atoms with E-state index in [-0.39, 0.29) is 17.6 Å². The molecule has 7 heteroatoms. The van der Waals surface area contributed by atoms with E-state index in [0.29, 0.717) is 12.0 Å². The van der Waals surface area contributed by atoms with Gasteiger partial charge in [0, 0.05) is 28.6 Å². The number of hydrogen-bond acceptors (Lipinski definition) is 4. The molecule has 154 valence electrons. The third-order valence-electron chi connectivity index (χ3n) is 5.64. The van der Waals surface area contributed by atoms with Crippen molar-refractivity contribution in [1.29, 1.82) is 0 Å². The fourth-order valence-electron chi connectivity index (χ4n) is 4.23. The Bertz CT molecular complexity index is 1140. The molecule has 4 rings (SSSR count). The maximum absolute atomic E-state index is 12.9. The number of hydrogen-bond donors (Lipinski definition) is 1. The van der Waals surface area contributed by atoms with Crippen LogP contribution in [0.1, 0.15) is 40.1 Å². The zero-order chi connectivity index (χ0) is 21.4. The van der Waals surface area contributed by atoms with E-state index in [2.05, 4.69) is 4.98 Å². The van der Waals surface area contributed by atoms with Gasteiger partial charge in [-0.1, -0.05) is 42.5 Å². The van der Waals surface area contributed by atoms with Crippen molar-refractivity contribution in [3.8, 4) is 0 Å². The van der Waals surface area contributed by atoms with Crippen molar-refractivity contribution in [3.63, 3.8) is 0 Å². The number of carbonyl (C=O) groups excluding carboxylic acids is 3. The topological polar surface area (TPSA) is 79.5 Å². The van der Waals surface area contributed by atoms with Crippen molar-refractivity contribution in [2.75, 3.05) is 13.0 Å². The number of para-hydroxylation sites is 1. The number of H-pyrrole nitrogens is 1. The van der Waals surface area contributed by atoms with Gasteiger partial charge in [0.15, 0.2) is 5.78 Å². The third-order valence-corrected chi connectivity index (χ3v) is 5.87. The molecular weight excluding hydrogens is 404 g/mol. The van der Waals surface area contributed by atoms with Crippen LogP contribution in [0.5, 0.6) is 0 Å². The Kier molecular flexibility index (Phi) is 5.35. The van der Waals surface area contributed by atoms with Crippen LogP contribution < -0.4 is 0 Å². The molecule has 1 aliphatic rings. The third kappa shape index (κ3) is 3.27. The van der Waals surface area contributed by atoms with Crippen LogP contribution in [0.2, 0.25) is 0 Å². The first-order chi connectivity index (χ1) is 14.5. The van der Waals surface area contributed by atoms with Crippen LogP contribution in [0, 0.1) is 0 Å². The average molecular weight is 425 g/mol. The number of ether oxygens (including phenoxy) is 1. The molecule has 30 heavy (non-hydrogen) atoms. The molecule has 0 spiro atoms. The van der Waals surface area contributed by atoms with Crippen LogP contribution in [0.25, 0.3) is 10.9 Å². The lowest BCUT2D eigenvalue weighted by Gasteiger charge is -2.40. The number of aromatic nitrogens is 1. The highest BCUT2D eigenvalue weighted by molar-refractivity contribution is 6.27. The molecule has 0 unspecified atom stereocenters. The van der Waals surface area contributed by atoms with E-state index in [0.717, 1.165) is 27.7 Å². The minimum absolute atomic E-state index is 0.0439. The number of fused-ring (bicyclic) bond motifs is 3. The van der Waals surface area contributed by atoms with Crippen molar-refractivity contribution >= 4 is 40.2 Å². The fourth-order valence-corrected chi connectivity index (χ4v) is 4.37. The molecule has 2 aromatic carbocycles. The Morgan fingerprint density at radius 2 is 1.83 bits per heavy atom. The number of benzene rings is 2. The van der Waals surface area contributed by atoms with Crippen molar-refractivity contribution in [1.82, 2.24) is 9.88 Å². The Morgan fingerprint density at radius 1 is 1.13 bits per heavy atom. The van der Waals surface area contributed by atoms with Gasteiger partial charge in [-0.2, -0.15) is 0 Å². The summed E-state index contributed by atoms with van der Waals surface area (Å²) in [5.74, 6) is -1.16. The lowest BCUT2D eigenvalue weighted by atomic mass is 9.87. The number of halogens is 1. The van der Waals surface area contributed by atoms with Crippen LogP contribution >= 0.6 is 11.6 Å². The second-order valence-corrected chi connectivity index (χ2v) is 7.59. The standard InChI is InChI=1S/C23H21ClN2O4/c1-13(27)14-7-9-15(10-8-14)22-21-17(16-5-3-4-6-18(16)25-21)11-19(23(29)30-2)26(22)20(28)12-24/h3-10,19,22,25H,11-12H2,1-2H3/t19-,22+/m1/s1. The Hall–Kier alpha value is -3.12. The molecule has 0 saturated heterocycles. The number of nitrogens with zero attached hydrogens (tertiary/aromatic N) is 1. The van der Waals surface area contributed by atoms with E-state index < -0.39 is 18.1 Å². The summed E-state index contributed by atoms with van der Waals surface area (Å²) in [5, 5.41) is 1.00. The quantitative estimate of drug-likeness (QED) is 0.394. The van der Waals surface area contributed by atoms with Gasteiger partial charge in [-0.3, -0.25) is 9.59 Å². The summed E-state index contributed by atoms with van der Waals surface area (Å²) in [6, 6.07) is 13.5. The number of alkyl halides is 1. The maximum Gasteiger partial charge on any atom is 0.328 e. The van der Waals surface area contributed by atoms with E-state index in [9.17, 15) is 14.4 Å². The number of nitrogens with one attached hydrogen (secondary N) is 1. The van der Waals surface area contributed by atoms with Gasteiger partial charge in [0.2, 0.25) is 5.91 Å². The number of aromatic amines is 1. The van der Waals surface area contributed by atoms with Crippen LogP contribution in [0.3, 0.4) is 0 Å². The molecule has 1 N–H and O–H groups in total. The molecule has 1 aliphatic heterocycles. The van der Waals surface area contributed by atoms with E-state index in [1.807, 2.05) is 36.4 Å². The Morgan fingerprint density at radius 3 is 2.47 bits per heavy atom. The van der Waals surface area contributed by atoms with Crippen molar-refractivity contribution in [3.05, 3.63) is 70.9 Å². The predicted octanol–water partition coefficient (Wildman–Crippen LogP) is 3.63. The molecule has 0 saturated carbocycles. The molecule has 1 aromatic heterocycles. The molecule has 1 amide bonds. The van der Waals surface area contributed by atoms with Gasteiger partial charge in [-0.25, -0.2) is 4.79 Å². The summed E-state index contributed by atoms with van der Waals surface area (Å²) in [5.41, 5.74) is 4.09. The van der Waals surface area contributed by atoms with Crippen LogP contribution in [-0.2, 0) is 20.7 Å². The number of esters is 1. The maximum atomic E-state index is 12.9. The minimum Gasteiger partial charge on any atom is -0.467 e. The van der Waals surface area contributed by atoms with Gasteiger partial charge < -0.3 is 14.6 Å². The van der Waals surface area contributed by atoms with Gasteiger partial charge >= 0.3 is 5.97 Å². The molecule has 3 aromatic rings. The number of methoxy groups -OCH3 is 1. The van der Waals surface area contributed by atoms with E-state index >= 15 is 0 Å². The summed E-state index contributed by atoms with van der Waals surface area (Å²) in [6.07, 6.45) is 0.330. The SMILES string of the molecule is COC(=O)[C@H]1Cc2c([nH]c3ccccc23)[C@H](c2ccc(C(C)=O)cc2)N1C(=O)CCl. The second kappa shape index (κ2) is 7.95. The monoisotopic (exact) mass is 424 g/mol. The first kappa shape index (κ1) is 20.2. The lowest BCUT2D eigenvalue weighted by molar-refractivity contribution is -0.154. The number of rotatable bonds is 4. The molecular formula is C23H21ClN2O4. The highest BCUT2D eigenvalue weighted by atomic mass is 35.5. The summed E-state index contributed by atoms with van der Waals surface area (Å²) in [7, 11) is 1.31. The molecule has 0 radical (unpaired) electrons. The van der Waals surface area contributed by atoms with Crippen molar-refractivity contribution in [2.24, 2.45) is 0 Å². The summed E-state index contributed by atoms with van der Waals surface area (Å²) >= 11 is 5.93. The number of ketones is 1. The normalized spacial score (nSPS) is 18.2. The zero-order valence-electron chi connectivity index (χ0n) is 16.6. The van der Waals surface area contributed by atoms with E-state index in [1.54, 1.807) is 12.1 Å². The van der Waals surface area contributed by atoms with Crippen LogP contribution in [-0.4, -0.2) is 46.6 Å². The fraction of sp³-hybridized carbons (Fsp3) is 0.261. The molecule has 2 atom stereocenters. The van der Waals surface area contributed by atoms with Gasteiger partial charge in [0.25, 0.3) is 0 Å². The van der Waals surface area contributed by atoms with Gasteiger partial charge in [-0.15, -0.1) is 11.6 Å². The Labute approximate surface area is 178 Å². The van der Waals surface area contributed by atoms with E-state index in [4.69, 9.17) is 16.3 Å². The Balaban J connectivity index is 1.95. The van der Waals surface area contributed by atoms with Crippen LogP contribution in [0.15, 0.2) is 48.5 Å². The first-order valence-corrected chi connectivity index (χ1v) is 10.1. The predicted molar refractivity (Wildman–Crippen MR) is 114 cm³/mol. The summed E-state index contributed by atoms with van der Waals surface area (Å²) < 4.78 is 5.02. The smallest absolute Gasteiger partial charge is 0.328 e. The average Bonchev–Trinajstić information content (AvgIpc) is 3.15. The van der Waals surface area contributed by atoms with Gasteiger partial charge in [0.05, 0.1) is 13.2 Å². The van der Waals surface area contributed by atoms with E-state index in [1.165, 1.54) is 18.9 Å². The number of Topliss-reactive ketones (excluding diaryl/α,β-unsaturated/α-hetero) is 1. The second-order valence-electron chi connectivity index (χ2n) is 7.32. The minimum atomic E-state index is -0.801. The number of amides is 1. The van der Waals surface area contributed by atoms with Crippen LogP contribution in [0.4, 0.5) is 0 Å². The largest absolute Gasteiger partial charge is 0.467 e. The molecule has 0 aliphatic carbocycles. The summed E-state index contributed by atoms with van der Waals surface area (Å²) in [4.78, 5) is 42.2. The zero-order valence-corrected chi connectivity index (χ0v) is 17.4. The lowest BCUT2D eigenvalue weighted by Crippen LogP contribution is -2.52. The number of carbonyl (C=O) groups is 3. The molecule has 0 fully saturated rings. The van der Waals surface area contributed by atoms with Crippen molar-refractivity contribution in [2.45, 2.75) is 25.4 Å². The highest BCUT2D eigenvalue weighted by Crippen LogP contribution is 2.41. The molecule has 0 bridgehead atoms. The summed E-state index contributed by atoms with van der Waals surface area (Å²) in [6.45, 7) is 1.50.